The van der Waals surface area contributed by atoms with Gasteiger partial charge in [-0.1, -0.05) is 32.0 Å². The zero-order valence-corrected chi connectivity index (χ0v) is 10.6. The molecule has 0 aliphatic carbocycles. The SMILES string of the molecule is Cc1cccc(C)c1CC(O)C(O)C(C)C. The maximum Gasteiger partial charge on any atom is 0.0842 e. The number of aliphatic hydroxyl groups excluding tert-OH is 2. The molecule has 0 aromatic heterocycles. The Morgan fingerprint density at radius 1 is 1.06 bits per heavy atom. The Balaban J connectivity index is 2.80. The summed E-state index contributed by atoms with van der Waals surface area (Å²) in [6, 6.07) is 6.09. The lowest BCUT2D eigenvalue weighted by Gasteiger charge is -2.22. The topological polar surface area (TPSA) is 40.5 Å². The smallest absolute Gasteiger partial charge is 0.0842 e. The van der Waals surface area contributed by atoms with Gasteiger partial charge in [0.1, 0.15) is 0 Å². The molecule has 2 nitrogen and oxygen atoms in total. The van der Waals surface area contributed by atoms with Crippen LogP contribution in [0.4, 0.5) is 0 Å². The first kappa shape index (κ1) is 13.2. The highest BCUT2D eigenvalue weighted by molar-refractivity contribution is 5.34. The minimum Gasteiger partial charge on any atom is -0.390 e. The second-order valence-corrected chi connectivity index (χ2v) is 4.88. The first-order valence-electron chi connectivity index (χ1n) is 5.84. The van der Waals surface area contributed by atoms with Crippen LogP contribution in [-0.4, -0.2) is 22.4 Å². The van der Waals surface area contributed by atoms with Gasteiger partial charge in [-0.15, -0.1) is 0 Å². The van der Waals surface area contributed by atoms with Gasteiger partial charge in [-0.05, 0) is 36.5 Å². The van der Waals surface area contributed by atoms with Crippen LogP contribution in [0, 0.1) is 19.8 Å². The van der Waals surface area contributed by atoms with Crippen LogP contribution < -0.4 is 0 Å². The summed E-state index contributed by atoms with van der Waals surface area (Å²) in [4.78, 5) is 0. The van der Waals surface area contributed by atoms with Gasteiger partial charge in [-0.2, -0.15) is 0 Å². The lowest BCUT2D eigenvalue weighted by atomic mass is 9.92. The number of rotatable bonds is 4. The molecule has 0 bridgehead atoms. The first-order valence-corrected chi connectivity index (χ1v) is 5.84. The second kappa shape index (κ2) is 5.46. The summed E-state index contributed by atoms with van der Waals surface area (Å²) < 4.78 is 0. The Labute approximate surface area is 97.9 Å². The standard InChI is InChI=1S/C14H22O2/c1-9(2)14(16)13(15)8-12-10(3)6-5-7-11(12)4/h5-7,9,13-16H,8H2,1-4H3. The quantitative estimate of drug-likeness (QED) is 0.820. The molecule has 90 valence electrons. The third kappa shape index (κ3) is 3.06. The van der Waals surface area contributed by atoms with Crippen molar-refractivity contribution in [2.75, 3.05) is 0 Å². The van der Waals surface area contributed by atoms with Crippen molar-refractivity contribution in [1.29, 1.82) is 0 Å². The molecule has 1 aromatic rings. The summed E-state index contributed by atoms with van der Waals surface area (Å²) >= 11 is 0. The molecule has 0 amide bonds. The summed E-state index contributed by atoms with van der Waals surface area (Å²) in [5.41, 5.74) is 3.50. The zero-order chi connectivity index (χ0) is 12.3. The van der Waals surface area contributed by atoms with Gasteiger partial charge >= 0.3 is 0 Å². The Kier molecular flexibility index (Phi) is 4.51. The van der Waals surface area contributed by atoms with Gasteiger partial charge in [0, 0.05) is 6.42 Å². The fourth-order valence-corrected chi connectivity index (χ4v) is 1.95. The monoisotopic (exact) mass is 222 g/mol. The lowest BCUT2D eigenvalue weighted by Crippen LogP contribution is -2.32. The highest BCUT2D eigenvalue weighted by Crippen LogP contribution is 2.18. The van der Waals surface area contributed by atoms with Gasteiger partial charge < -0.3 is 10.2 Å². The Morgan fingerprint density at radius 3 is 2.00 bits per heavy atom. The van der Waals surface area contributed by atoms with E-state index in [4.69, 9.17) is 0 Å². The summed E-state index contributed by atoms with van der Waals surface area (Å²) in [6.07, 6.45) is -0.809. The fourth-order valence-electron chi connectivity index (χ4n) is 1.95. The van der Waals surface area contributed by atoms with E-state index in [1.54, 1.807) is 0 Å². The molecule has 0 heterocycles. The summed E-state index contributed by atoms with van der Waals surface area (Å²) in [6.45, 7) is 7.91. The van der Waals surface area contributed by atoms with E-state index in [1.807, 2.05) is 45.9 Å². The Morgan fingerprint density at radius 2 is 1.56 bits per heavy atom. The number of hydrogen-bond acceptors (Lipinski definition) is 2. The molecular weight excluding hydrogens is 200 g/mol. The minimum atomic E-state index is -0.681. The molecule has 2 heteroatoms. The predicted molar refractivity (Wildman–Crippen MR) is 66.5 cm³/mol. The van der Waals surface area contributed by atoms with E-state index in [0.29, 0.717) is 6.42 Å². The molecule has 0 fully saturated rings. The largest absolute Gasteiger partial charge is 0.390 e. The maximum absolute atomic E-state index is 9.94. The molecular formula is C14H22O2. The van der Waals surface area contributed by atoms with E-state index in [-0.39, 0.29) is 5.92 Å². The van der Waals surface area contributed by atoms with Crippen molar-refractivity contribution in [1.82, 2.24) is 0 Å². The molecule has 2 N–H and O–H groups in total. The van der Waals surface area contributed by atoms with Gasteiger partial charge in [0.2, 0.25) is 0 Å². The van der Waals surface area contributed by atoms with Gasteiger partial charge in [-0.25, -0.2) is 0 Å². The molecule has 1 rings (SSSR count). The van der Waals surface area contributed by atoms with E-state index in [9.17, 15) is 10.2 Å². The second-order valence-electron chi connectivity index (χ2n) is 4.88. The van der Waals surface area contributed by atoms with Gasteiger partial charge in [0.15, 0.2) is 0 Å². The van der Waals surface area contributed by atoms with E-state index in [0.717, 1.165) is 5.56 Å². The fraction of sp³-hybridized carbons (Fsp3) is 0.571. The van der Waals surface area contributed by atoms with Crippen LogP contribution in [0.15, 0.2) is 18.2 Å². The van der Waals surface area contributed by atoms with Crippen LogP contribution in [0.2, 0.25) is 0 Å². The highest BCUT2D eigenvalue weighted by atomic mass is 16.3. The van der Waals surface area contributed by atoms with Crippen LogP contribution in [0.3, 0.4) is 0 Å². The van der Waals surface area contributed by atoms with Crippen LogP contribution in [-0.2, 0) is 6.42 Å². The van der Waals surface area contributed by atoms with Crippen molar-refractivity contribution in [3.63, 3.8) is 0 Å². The maximum atomic E-state index is 9.94. The molecule has 0 spiro atoms. The van der Waals surface area contributed by atoms with Crippen molar-refractivity contribution in [3.8, 4) is 0 Å². The molecule has 2 unspecified atom stereocenters. The average Bonchev–Trinajstić information content (AvgIpc) is 2.22. The normalized spacial score (nSPS) is 15.2. The van der Waals surface area contributed by atoms with Gasteiger partial charge in [-0.3, -0.25) is 0 Å². The van der Waals surface area contributed by atoms with E-state index < -0.39 is 12.2 Å². The summed E-state index contributed by atoms with van der Waals surface area (Å²) in [5.74, 6) is 0.0827. The number of benzene rings is 1. The van der Waals surface area contributed by atoms with Crippen LogP contribution in [0.25, 0.3) is 0 Å². The predicted octanol–water partition coefficient (Wildman–Crippen LogP) is 2.22. The van der Waals surface area contributed by atoms with E-state index >= 15 is 0 Å². The molecule has 0 aliphatic heterocycles. The number of aliphatic hydroxyl groups is 2. The molecule has 16 heavy (non-hydrogen) atoms. The van der Waals surface area contributed by atoms with Crippen molar-refractivity contribution in [3.05, 3.63) is 34.9 Å². The zero-order valence-electron chi connectivity index (χ0n) is 10.6. The van der Waals surface area contributed by atoms with E-state index in [2.05, 4.69) is 0 Å². The summed E-state index contributed by atoms with van der Waals surface area (Å²) in [5, 5.41) is 19.7. The number of aryl methyl sites for hydroxylation is 2. The minimum absolute atomic E-state index is 0.0827. The Hall–Kier alpha value is -0.860. The molecule has 0 saturated carbocycles. The average molecular weight is 222 g/mol. The third-order valence-electron chi connectivity index (χ3n) is 3.13. The van der Waals surface area contributed by atoms with Crippen LogP contribution >= 0.6 is 0 Å². The molecule has 0 aliphatic rings. The van der Waals surface area contributed by atoms with Gasteiger partial charge in [0.25, 0.3) is 0 Å². The van der Waals surface area contributed by atoms with E-state index in [1.165, 1.54) is 11.1 Å². The molecule has 0 saturated heterocycles. The van der Waals surface area contributed by atoms with Crippen molar-refractivity contribution >= 4 is 0 Å². The van der Waals surface area contributed by atoms with Crippen molar-refractivity contribution < 1.29 is 10.2 Å². The van der Waals surface area contributed by atoms with Crippen molar-refractivity contribution in [2.24, 2.45) is 5.92 Å². The lowest BCUT2D eigenvalue weighted by molar-refractivity contribution is -0.00744. The van der Waals surface area contributed by atoms with Crippen molar-refractivity contribution in [2.45, 2.75) is 46.3 Å². The van der Waals surface area contributed by atoms with Gasteiger partial charge in [0.05, 0.1) is 12.2 Å². The van der Waals surface area contributed by atoms with Crippen LogP contribution in [0.1, 0.15) is 30.5 Å². The highest BCUT2D eigenvalue weighted by Gasteiger charge is 2.21. The molecule has 1 aromatic carbocycles. The molecule has 2 atom stereocenters. The number of hydrogen-bond donors (Lipinski definition) is 2. The molecule has 0 radical (unpaired) electrons. The third-order valence-corrected chi connectivity index (χ3v) is 3.13. The van der Waals surface area contributed by atoms with Crippen LogP contribution in [0.5, 0.6) is 0 Å². The summed E-state index contributed by atoms with van der Waals surface area (Å²) in [7, 11) is 0. The Bertz CT molecular complexity index is 324. The first-order chi connectivity index (χ1) is 7.43.